The minimum Gasteiger partial charge on any atom is -0.490 e. The van der Waals surface area contributed by atoms with Crippen LogP contribution in [0.1, 0.15) is 23.6 Å². The summed E-state index contributed by atoms with van der Waals surface area (Å²) in [6.45, 7) is 4.19. The van der Waals surface area contributed by atoms with E-state index in [1.165, 1.54) is 4.90 Å². The van der Waals surface area contributed by atoms with Crippen molar-refractivity contribution in [3.05, 3.63) is 104 Å². The second kappa shape index (κ2) is 12.8. The number of nitrogens with one attached hydrogen (secondary N) is 1. The molecule has 9 heteroatoms. The second-order valence-electron chi connectivity index (χ2n) is 9.42. The summed E-state index contributed by atoms with van der Waals surface area (Å²) in [5, 5.41) is 4.67. The topological polar surface area (TPSA) is 84.9 Å². The summed E-state index contributed by atoms with van der Waals surface area (Å²) in [6, 6.07) is 25.0. The minimum atomic E-state index is -0.339. The van der Waals surface area contributed by atoms with Gasteiger partial charge < -0.3 is 14.8 Å². The highest BCUT2D eigenvalue weighted by Gasteiger charge is 2.35. The molecule has 1 heterocycles. The highest BCUT2D eigenvalue weighted by atomic mass is 127. The lowest BCUT2D eigenvalue weighted by atomic mass is 10.1. The Balaban J connectivity index is 1.30. The van der Waals surface area contributed by atoms with Crippen molar-refractivity contribution in [1.82, 2.24) is 4.90 Å². The molecule has 1 saturated heterocycles. The number of carbonyl (C=O) groups excluding carboxylic acids is 3. The summed E-state index contributed by atoms with van der Waals surface area (Å²) >= 11 is 3.03. The van der Waals surface area contributed by atoms with E-state index >= 15 is 0 Å². The first-order valence-electron chi connectivity index (χ1n) is 13.0. The third-order valence-electron chi connectivity index (χ3n) is 6.31. The Bertz CT molecular complexity index is 1690. The van der Waals surface area contributed by atoms with Gasteiger partial charge in [-0.3, -0.25) is 19.3 Å². The first-order chi connectivity index (χ1) is 19.8. The summed E-state index contributed by atoms with van der Waals surface area (Å²) in [5.74, 6) is 0.255. The molecule has 0 unspecified atom stereocenters. The van der Waals surface area contributed by atoms with E-state index in [2.05, 4.69) is 27.9 Å². The normalized spacial score (nSPS) is 14.1. The zero-order chi connectivity index (χ0) is 28.9. The van der Waals surface area contributed by atoms with E-state index in [0.717, 1.165) is 33.7 Å². The predicted octanol–water partition coefficient (Wildman–Crippen LogP) is 7.41. The van der Waals surface area contributed by atoms with Crippen LogP contribution in [-0.4, -0.2) is 35.2 Å². The molecular weight excluding hydrogens is 651 g/mol. The Morgan fingerprint density at radius 3 is 2.56 bits per heavy atom. The summed E-state index contributed by atoms with van der Waals surface area (Å²) in [7, 11) is 0. The first kappa shape index (κ1) is 28.7. The van der Waals surface area contributed by atoms with Crippen LogP contribution < -0.4 is 14.8 Å². The van der Waals surface area contributed by atoms with E-state index in [-0.39, 0.29) is 30.2 Å². The van der Waals surface area contributed by atoms with Crippen LogP contribution in [0.2, 0.25) is 0 Å². The molecule has 1 fully saturated rings. The molecule has 41 heavy (non-hydrogen) atoms. The molecule has 1 aliphatic rings. The van der Waals surface area contributed by atoms with E-state index in [0.29, 0.717) is 37.8 Å². The van der Waals surface area contributed by atoms with Gasteiger partial charge in [0.05, 0.1) is 21.6 Å². The lowest BCUT2D eigenvalue weighted by molar-refractivity contribution is -0.123. The van der Waals surface area contributed by atoms with Crippen molar-refractivity contribution >= 4 is 73.9 Å². The van der Waals surface area contributed by atoms with E-state index in [9.17, 15) is 14.4 Å². The molecule has 0 spiro atoms. The number of rotatable bonds is 9. The third-order valence-corrected chi connectivity index (χ3v) is 8.02. The molecule has 0 aromatic heterocycles. The number of aryl methyl sites for hydroxylation is 1. The maximum atomic E-state index is 13.2. The Morgan fingerprint density at radius 2 is 1.78 bits per heavy atom. The molecule has 0 aliphatic carbocycles. The van der Waals surface area contributed by atoms with Crippen LogP contribution >= 0.6 is 34.4 Å². The molecule has 0 radical (unpaired) electrons. The third kappa shape index (κ3) is 6.91. The highest BCUT2D eigenvalue weighted by Crippen LogP contribution is 2.38. The molecule has 4 aromatic carbocycles. The number of hydrogen-bond acceptors (Lipinski definition) is 6. The smallest absolute Gasteiger partial charge is 0.293 e. The number of amides is 3. The summed E-state index contributed by atoms with van der Waals surface area (Å²) in [5.41, 5.74) is 3.31. The fourth-order valence-electron chi connectivity index (χ4n) is 4.44. The van der Waals surface area contributed by atoms with Crippen molar-refractivity contribution < 1.29 is 23.9 Å². The van der Waals surface area contributed by atoms with Crippen molar-refractivity contribution in [3.63, 3.8) is 0 Å². The number of nitrogens with zero attached hydrogens (tertiary/aromatic N) is 1. The maximum Gasteiger partial charge on any atom is 0.293 e. The van der Waals surface area contributed by atoms with Crippen molar-refractivity contribution in [2.24, 2.45) is 0 Å². The van der Waals surface area contributed by atoms with Crippen LogP contribution in [-0.2, 0) is 16.1 Å². The largest absolute Gasteiger partial charge is 0.490 e. The average Bonchev–Trinajstić information content (AvgIpc) is 3.20. The van der Waals surface area contributed by atoms with Gasteiger partial charge in [-0.05, 0) is 112 Å². The van der Waals surface area contributed by atoms with Crippen molar-refractivity contribution in [1.29, 1.82) is 0 Å². The van der Waals surface area contributed by atoms with Gasteiger partial charge in [-0.2, -0.15) is 0 Å². The number of halogens is 1. The van der Waals surface area contributed by atoms with Crippen LogP contribution in [0, 0.1) is 10.5 Å². The second-order valence-corrected chi connectivity index (χ2v) is 11.6. The lowest BCUT2D eigenvalue weighted by Gasteiger charge is -2.15. The molecule has 1 N–H and O–H groups in total. The van der Waals surface area contributed by atoms with Gasteiger partial charge in [0, 0.05) is 5.69 Å². The van der Waals surface area contributed by atoms with Gasteiger partial charge >= 0.3 is 0 Å². The Hall–Kier alpha value is -3.83. The number of ether oxygens (including phenoxy) is 2. The van der Waals surface area contributed by atoms with Crippen molar-refractivity contribution in [2.45, 2.75) is 20.4 Å². The number of benzene rings is 4. The van der Waals surface area contributed by atoms with Crippen LogP contribution in [0.4, 0.5) is 10.5 Å². The van der Waals surface area contributed by atoms with E-state index < -0.39 is 0 Å². The minimum absolute atomic E-state index is 0.197. The molecule has 208 valence electrons. The van der Waals surface area contributed by atoms with Gasteiger partial charge in [0.2, 0.25) is 0 Å². The van der Waals surface area contributed by atoms with Crippen LogP contribution in [0.3, 0.4) is 0 Å². The van der Waals surface area contributed by atoms with E-state index in [1.54, 1.807) is 12.1 Å². The van der Waals surface area contributed by atoms with Gasteiger partial charge in [-0.1, -0.05) is 48.5 Å². The number of imide groups is 1. The number of hydrogen-bond donors (Lipinski definition) is 1. The van der Waals surface area contributed by atoms with Crippen LogP contribution in [0.15, 0.2) is 83.8 Å². The van der Waals surface area contributed by atoms with Crippen molar-refractivity contribution in [3.8, 4) is 11.5 Å². The van der Waals surface area contributed by atoms with Crippen LogP contribution in [0.5, 0.6) is 11.5 Å². The SMILES string of the molecule is CCOc1cc(/C=C2\SC(=O)N(Cc3ccc4ccccc4c3)C2=O)cc(I)c1OCC(=O)Nc1cccc(C)c1. The lowest BCUT2D eigenvalue weighted by Crippen LogP contribution is -2.27. The molecule has 0 saturated carbocycles. The van der Waals surface area contributed by atoms with E-state index in [4.69, 9.17) is 9.47 Å². The average molecular weight is 679 g/mol. The Kier molecular flexibility index (Phi) is 8.94. The zero-order valence-electron chi connectivity index (χ0n) is 22.5. The number of carbonyl (C=O) groups is 3. The monoisotopic (exact) mass is 678 g/mol. The zero-order valence-corrected chi connectivity index (χ0v) is 25.5. The quantitative estimate of drug-likeness (QED) is 0.147. The summed E-state index contributed by atoms with van der Waals surface area (Å²) < 4.78 is 12.4. The summed E-state index contributed by atoms with van der Waals surface area (Å²) in [4.78, 5) is 40.1. The predicted molar refractivity (Wildman–Crippen MR) is 171 cm³/mol. The molecule has 0 bridgehead atoms. The van der Waals surface area contributed by atoms with Crippen molar-refractivity contribution in [2.75, 3.05) is 18.5 Å². The molecule has 1 aliphatic heterocycles. The standard InChI is InChI=1S/C32H27IN2O5S/c1-3-39-27-16-22(15-26(33)30(27)40-19-29(36)34-25-10-6-7-20(2)13-25)17-28-31(37)35(32(38)41-28)18-21-11-12-23-8-4-5-9-24(23)14-21/h4-17H,3,18-19H2,1-2H3,(H,34,36)/b28-17-. The number of thioether (sulfide) groups is 1. The van der Waals surface area contributed by atoms with Gasteiger partial charge in [0.25, 0.3) is 17.1 Å². The molecule has 7 nitrogen and oxygen atoms in total. The number of fused-ring (bicyclic) bond motifs is 1. The van der Waals surface area contributed by atoms with Gasteiger partial charge in [0.15, 0.2) is 18.1 Å². The van der Waals surface area contributed by atoms with Gasteiger partial charge in [0.1, 0.15) is 0 Å². The molecule has 5 rings (SSSR count). The maximum absolute atomic E-state index is 13.2. The Morgan fingerprint density at radius 1 is 0.976 bits per heavy atom. The highest BCUT2D eigenvalue weighted by molar-refractivity contribution is 14.1. The number of anilines is 1. The molecular formula is C32H27IN2O5S. The fourth-order valence-corrected chi connectivity index (χ4v) is 6.06. The first-order valence-corrected chi connectivity index (χ1v) is 14.9. The molecule has 4 aromatic rings. The fraction of sp³-hybridized carbons (Fsp3) is 0.156. The molecule has 0 atom stereocenters. The molecule has 3 amide bonds. The van der Waals surface area contributed by atoms with E-state index in [1.807, 2.05) is 86.6 Å². The van der Waals surface area contributed by atoms with Gasteiger partial charge in [-0.25, -0.2) is 0 Å². The summed E-state index contributed by atoms with van der Waals surface area (Å²) in [6.07, 6.45) is 1.68. The van der Waals surface area contributed by atoms with Gasteiger partial charge in [-0.15, -0.1) is 0 Å². The Labute approximate surface area is 256 Å². The van der Waals surface area contributed by atoms with Crippen LogP contribution in [0.25, 0.3) is 16.8 Å².